The van der Waals surface area contributed by atoms with E-state index in [0.29, 0.717) is 26.2 Å². The predicted molar refractivity (Wildman–Crippen MR) is 100 cm³/mol. The van der Waals surface area contributed by atoms with Gasteiger partial charge in [-0.3, -0.25) is 0 Å². The number of likely N-dealkylation sites (tertiary alicyclic amines) is 1. The molecule has 0 aliphatic carbocycles. The maximum atomic E-state index is 11.2. The maximum absolute atomic E-state index is 11.2. The molecule has 0 radical (unpaired) electrons. The van der Waals surface area contributed by atoms with Crippen LogP contribution in [0.1, 0.15) is 33.6 Å². The Bertz CT molecular complexity index is 505. The lowest BCUT2D eigenvalue weighted by molar-refractivity contribution is -0.193. The minimum Gasteiger partial charge on any atom is -0.454 e. The standard InChI is InChI=1S/C8H15NO3.C4H9NO.C3H5ClO2.2CO2/c1-3-12-8(11)9-5-7(10)4-6(9)2;6-4-1-2-5-3-4;1-2-6-3(4)5;2*2-1-3/h6-7,10H,3-5H2,1-2H3;4-6H,1-3H2;2H2,1H3;;/t6-,7+;4-;;;/m10.../s1. The fraction of sp³-hybridized carbons (Fsp3) is 0.765. The molecular weight excluding hydrogens is 428 g/mol. The molecule has 13 heteroatoms. The molecule has 174 valence electrons. The highest BCUT2D eigenvalue weighted by molar-refractivity contribution is 6.61. The van der Waals surface area contributed by atoms with Crippen LogP contribution in [0.15, 0.2) is 0 Å². The first-order chi connectivity index (χ1) is 14.1. The molecule has 2 heterocycles. The molecule has 3 atom stereocenters. The summed E-state index contributed by atoms with van der Waals surface area (Å²) in [5, 5.41) is 20.9. The summed E-state index contributed by atoms with van der Waals surface area (Å²) in [5.74, 6) is 0. The smallest absolute Gasteiger partial charge is 0.410 e. The van der Waals surface area contributed by atoms with E-state index in [1.807, 2.05) is 6.92 Å². The first kappa shape index (κ1) is 32.3. The minimum atomic E-state index is -0.738. The monoisotopic (exact) mass is 456 g/mol. The largest absolute Gasteiger partial charge is 0.454 e. The molecule has 12 nitrogen and oxygen atoms in total. The van der Waals surface area contributed by atoms with Gasteiger partial charge in [-0.05, 0) is 40.2 Å². The Morgan fingerprint density at radius 3 is 1.77 bits per heavy atom. The third kappa shape index (κ3) is 22.0. The van der Waals surface area contributed by atoms with E-state index in [9.17, 15) is 14.7 Å². The van der Waals surface area contributed by atoms with Crippen LogP contribution >= 0.6 is 11.6 Å². The summed E-state index contributed by atoms with van der Waals surface area (Å²) in [6.45, 7) is 8.30. The molecule has 2 rings (SSSR count). The molecule has 0 aromatic rings. The number of carbonyl (C=O) groups is 2. The van der Waals surface area contributed by atoms with E-state index in [0.717, 1.165) is 19.5 Å². The maximum Gasteiger partial charge on any atom is 0.410 e. The van der Waals surface area contributed by atoms with E-state index < -0.39 is 5.43 Å². The number of nitrogens with zero attached hydrogens (tertiary/aromatic N) is 1. The zero-order valence-electron chi connectivity index (χ0n) is 17.2. The molecule has 2 aliphatic rings. The number of aliphatic hydroxyl groups excluding tert-OH is 2. The Kier molecular flexibility index (Phi) is 24.7. The van der Waals surface area contributed by atoms with E-state index in [1.165, 1.54) is 0 Å². The molecule has 0 unspecified atom stereocenters. The summed E-state index contributed by atoms with van der Waals surface area (Å²) in [5.41, 5.74) is -0.738. The van der Waals surface area contributed by atoms with Crippen molar-refractivity contribution >= 4 is 35.4 Å². The molecule has 0 bridgehead atoms. The second-order valence-corrected chi connectivity index (χ2v) is 5.88. The molecule has 0 saturated carbocycles. The number of halogens is 1. The van der Waals surface area contributed by atoms with Gasteiger partial charge in [0.1, 0.15) is 0 Å². The van der Waals surface area contributed by atoms with Crippen LogP contribution in [0, 0.1) is 0 Å². The lowest BCUT2D eigenvalue weighted by Gasteiger charge is -2.19. The predicted octanol–water partition coefficient (Wildman–Crippen LogP) is 0.153. The van der Waals surface area contributed by atoms with Gasteiger partial charge in [0, 0.05) is 24.2 Å². The quantitative estimate of drug-likeness (QED) is 0.482. The number of nitrogens with one attached hydrogen (secondary N) is 1. The number of β-amino-alcohol motifs (C(OH)–C–C–N with tert-alkyl or cyclic N) is 2. The number of hydrogen-bond donors (Lipinski definition) is 3. The fourth-order valence-electron chi connectivity index (χ4n) is 2.22. The summed E-state index contributed by atoms with van der Waals surface area (Å²) in [6.07, 6.45) is 1.31. The first-order valence-electron chi connectivity index (χ1n) is 8.95. The van der Waals surface area contributed by atoms with Crippen molar-refractivity contribution in [3.63, 3.8) is 0 Å². The van der Waals surface area contributed by atoms with E-state index in [-0.39, 0.29) is 36.6 Å². The lowest BCUT2D eigenvalue weighted by atomic mass is 10.2. The van der Waals surface area contributed by atoms with Gasteiger partial charge in [-0.1, -0.05) is 0 Å². The van der Waals surface area contributed by atoms with Crippen LogP contribution in [0.4, 0.5) is 9.59 Å². The van der Waals surface area contributed by atoms with Crippen LogP contribution < -0.4 is 5.32 Å². The number of amides is 1. The average Bonchev–Trinajstić information content (AvgIpc) is 3.25. The van der Waals surface area contributed by atoms with Crippen LogP contribution in [0.2, 0.25) is 0 Å². The molecule has 0 aromatic heterocycles. The van der Waals surface area contributed by atoms with Crippen LogP contribution in [0.3, 0.4) is 0 Å². The van der Waals surface area contributed by atoms with Gasteiger partial charge in [0.2, 0.25) is 0 Å². The van der Waals surface area contributed by atoms with Gasteiger partial charge in [-0.25, -0.2) is 9.59 Å². The second kappa shape index (κ2) is 23.0. The molecule has 1 amide bonds. The number of carbonyl (C=O) groups excluding carboxylic acids is 6. The highest BCUT2D eigenvalue weighted by Gasteiger charge is 2.31. The van der Waals surface area contributed by atoms with Crippen molar-refractivity contribution in [3.8, 4) is 0 Å². The zero-order valence-corrected chi connectivity index (χ0v) is 17.9. The van der Waals surface area contributed by atoms with Gasteiger partial charge in [0.25, 0.3) is 0 Å². The molecule has 2 saturated heterocycles. The Morgan fingerprint density at radius 2 is 1.57 bits per heavy atom. The number of ether oxygens (including phenoxy) is 2. The first-order valence-corrected chi connectivity index (χ1v) is 9.33. The Balaban J connectivity index is -0.000000344. The highest BCUT2D eigenvalue weighted by Crippen LogP contribution is 2.17. The van der Waals surface area contributed by atoms with Gasteiger partial charge in [0.05, 0.1) is 32.0 Å². The van der Waals surface area contributed by atoms with Gasteiger partial charge < -0.3 is 29.9 Å². The molecular formula is C17H29ClN2O10. The van der Waals surface area contributed by atoms with Crippen molar-refractivity contribution in [2.24, 2.45) is 0 Å². The van der Waals surface area contributed by atoms with E-state index >= 15 is 0 Å². The van der Waals surface area contributed by atoms with E-state index in [2.05, 4.69) is 10.1 Å². The Hall–Kier alpha value is -2.33. The normalized spacial score (nSPS) is 20.6. The number of aliphatic hydroxyl groups is 2. The second-order valence-electron chi connectivity index (χ2n) is 5.57. The topological polar surface area (TPSA) is 177 Å². The zero-order chi connectivity index (χ0) is 23.9. The highest BCUT2D eigenvalue weighted by atomic mass is 35.5. The van der Waals surface area contributed by atoms with Crippen LogP contribution in [-0.4, -0.2) is 90.0 Å². The SMILES string of the molecule is CCOC(=O)Cl.CCOC(=O)N1C[C@@H](O)C[C@H]1C.O=C=O.O=C=O.O[C@H]1CCNC1. The van der Waals surface area contributed by atoms with Crippen molar-refractivity contribution in [1.29, 1.82) is 0 Å². The molecule has 0 spiro atoms. The minimum absolute atomic E-state index is 0.0648. The fourth-order valence-corrected chi connectivity index (χ4v) is 2.33. The Morgan fingerprint density at radius 1 is 1.07 bits per heavy atom. The molecule has 2 fully saturated rings. The van der Waals surface area contributed by atoms with Crippen molar-refractivity contribution in [2.75, 3.05) is 32.8 Å². The van der Waals surface area contributed by atoms with Gasteiger partial charge in [-0.2, -0.15) is 19.2 Å². The number of rotatable bonds is 2. The summed E-state index contributed by atoms with van der Waals surface area (Å²) < 4.78 is 8.99. The average molecular weight is 457 g/mol. The molecule has 0 aromatic carbocycles. The van der Waals surface area contributed by atoms with Gasteiger partial charge >= 0.3 is 23.8 Å². The molecule has 30 heavy (non-hydrogen) atoms. The van der Waals surface area contributed by atoms with Crippen LogP contribution in [-0.2, 0) is 28.7 Å². The van der Waals surface area contributed by atoms with Crippen molar-refractivity contribution in [3.05, 3.63) is 0 Å². The number of hydrogen-bond acceptors (Lipinski definition) is 11. The molecule has 3 N–H and O–H groups in total. The van der Waals surface area contributed by atoms with Crippen molar-refractivity contribution in [2.45, 2.75) is 51.9 Å². The third-order valence-corrected chi connectivity index (χ3v) is 3.46. The van der Waals surface area contributed by atoms with E-state index in [1.54, 1.807) is 18.7 Å². The lowest BCUT2D eigenvalue weighted by Crippen LogP contribution is -2.34. The van der Waals surface area contributed by atoms with E-state index in [4.69, 9.17) is 40.6 Å². The van der Waals surface area contributed by atoms with Crippen molar-refractivity contribution in [1.82, 2.24) is 10.2 Å². The van der Waals surface area contributed by atoms with Crippen LogP contribution in [0.25, 0.3) is 0 Å². The molecule has 2 aliphatic heterocycles. The van der Waals surface area contributed by atoms with Crippen LogP contribution in [0.5, 0.6) is 0 Å². The van der Waals surface area contributed by atoms with Crippen molar-refractivity contribution < 1.29 is 48.5 Å². The summed E-state index contributed by atoms with van der Waals surface area (Å²) >= 11 is 4.72. The summed E-state index contributed by atoms with van der Waals surface area (Å²) in [6, 6.07) is 0.0963. The Labute approximate surface area is 179 Å². The van der Waals surface area contributed by atoms with Gasteiger partial charge in [0.15, 0.2) is 0 Å². The third-order valence-electron chi connectivity index (χ3n) is 3.35. The van der Waals surface area contributed by atoms with Gasteiger partial charge in [-0.15, -0.1) is 0 Å². The summed E-state index contributed by atoms with van der Waals surface area (Å²) in [4.78, 5) is 54.8. The summed E-state index contributed by atoms with van der Waals surface area (Å²) in [7, 11) is 0.